The van der Waals surface area contributed by atoms with Crippen LogP contribution in [0.1, 0.15) is 15.9 Å². The van der Waals surface area contributed by atoms with Gasteiger partial charge in [0.05, 0.1) is 23.8 Å². The first-order valence-corrected chi connectivity index (χ1v) is 8.77. The van der Waals surface area contributed by atoms with Crippen LogP contribution >= 0.6 is 0 Å². The highest BCUT2D eigenvalue weighted by Crippen LogP contribution is 2.22. The van der Waals surface area contributed by atoms with Gasteiger partial charge < -0.3 is 14.2 Å². The molecule has 1 saturated heterocycles. The minimum Gasteiger partial charge on any atom is -0.370 e. The van der Waals surface area contributed by atoms with E-state index >= 15 is 0 Å². The molecule has 1 fully saturated rings. The molecule has 1 aliphatic rings. The number of fused-ring (bicyclic) bond motifs is 1. The molecule has 0 radical (unpaired) electrons. The van der Waals surface area contributed by atoms with Gasteiger partial charge in [-0.3, -0.25) is 9.59 Å². The Balaban J connectivity index is 1.45. The lowest BCUT2D eigenvalue weighted by atomic mass is 10.0. The summed E-state index contributed by atoms with van der Waals surface area (Å²) < 4.78 is 20.9. The molecular weight excluding hydrogens is 347 g/mol. The van der Waals surface area contributed by atoms with E-state index < -0.39 is 0 Å². The molecule has 0 N–H and O–H groups in total. The number of hydrogen-bond acceptors (Lipinski definition) is 3. The number of carbonyl (C=O) groups excluding carboxylic acids is 1. The first-order chi connectivity index (χ1) is 13.0. The van der Waals surface area contributed by atoms with Crippen LogP contribution in [0.5, 0.6) is 0 Å². The molecule has 1 aliphatic heterocycles. The maximum absolute atomic E-state index is 13.6. The summed E-state index contributed by atoms with van der Waals surface area (Å²) in [4.78, 5) is 26.7. The van der Waals surface area contributed by atoms with Crippen molar-refractivity contribution in [2.45, 2.75) is 12.7 Å². The van der Waals surface area contributed by atoms with Crippen molar-refractivity contribution in [1.29, 1.82) is 0 Å². The largest absolute Gasteiger partial charge is 0.370 e. The van der Waals surface area contributed by atoms with Gasteiger partial charge in [0, 0.05) is 37.2 Å². The molecule has 5 nitrogen and oxygen atoms in total. The third kappa shape index (κ3) is 3.24. The zero-order valence-corrected chi connectivity index (χ0v) is 14.9. The Morgan fingerprint density at radius 1 is 1.15 bits per heavy atom. The normalized spacial score (nSPS) is 14.4. The van der Waals surface area contributed by atoms with E-state index in [-0.39, 0.29) is 30.0 Å². The number of carbonyl (C=O) groups is 1. The van der Waals surface area contributed by atoms with E-state index in [1.54, 1.807) is 30.1 Å². The quantitative estimate of drug-likeness (QED) is 0.713. The van der Waals surface area contributed by atoms with Crippen LogP contribution in [0.25, 0.3) is 10.9 Å². The zero-order chi connectivity index (χ0) is 19.0. The number of hydrogen-bond donors (Lipinski definition) is 0. The molecule has 6 heteroatoms. The van der Waals surface area contributed by atoms with Crippen LogP contribution in [0, 0.1) is 5.82 Å². The first-order valence-electron chi connectivity index (χ1n) is 8.77. The molecule has 0 bridgehead atoms. The molecule has 0 atom stereocenters. The molecule has 2 aromatic carbocycles. The van der Waals surface area contributed by atoms with E-state index in [1.165, 1.54) is 16.7 Å². The first kappa shape index (κ1) is 17.4. The Kier molecular flexibility index (Phi) is 4.49. The summed E-state index contributed by atoms with van der Waals surface area (Å²) in [5, 5.41) is 0.750. The average molecular weight is 366 g/mol. The van der Waals surface area contributed by atoms with Crippen LogP contribution in [0.4, 0.5) is 4.39 Å². The molecule has 0 spiro atoms. The van der Waals surface area contributed by atoms with E-state index in [4.69, 9.17) is 4.74 Å². The summed E-state index contributed by atoms with van der Waals surface area (Å²) in [6.07, 6.45) is -0.133. The molecule has 1 aromatic heterocycles. The van der Waals surface area contributed by atoms with Crippen LogP contribution < -0.4 is 5.56 Å². The van der Waals surface area contributed by atoms with Crippen molar-refractivity contribution in [2.24, 2.45) is 7.05 Å². The van der Waals surface area contributed by atoms with Crippen LogP contribution in [0.15, 0.2) is 59.4 Å². The second-order valence-corrected chi connectivity index (χ2v) is 6.71. The molecule has 0 unspecified atom stereocenters. The van der Waals surface area contributed by atoms with Gasteiger partial charge >= 0.3 is 0 Å². The summed E-state index contributed by atoms with van der Waals surface area (Å²) in [5.74, 6) is -0.481. The Morgan fingerprint density at radius 3 is 2.63 bits per heavy atom. The molecule has 0 aliphatic carbocycles. The molecule has 27 heavy (non-hydrogen) atoms. The van der Waals surface area contributed by atoms with Gasteiger partial charge in [-0.1, -0.05) is 36.4 Å². The fourth-order valence-electron chi connectivity index (χ4n) is 3.29. The topological polar surface area (TPSA) is 51.5 Å². The van der Waals surface area contributed by atoms with Crippen LogP contribution in [-0.2, 0) is 18.4 Å². The summed E-state index contributed by atoms with van der Waals surface area (Å²) in [6.45, 7) is 1.03. The van der Waals surface area contributed by atoms with Gasteiger partial charge in [-0.05, 0) is 12.1 Å². The Labute approximate surface area is 155 Å². The highest BCUT2D eigenvalue weighted by Gasteiger charge is 2.33. The summed E-state index contributed by atoms with van der Waals surface area (Å²) in [6, 6.07) is 15.2. The number of likely N-dealkylation sites (tertiary alicyclic amines) is 1. The third-order valence-electron chi connectivity index (χ3n) is 4.95. The van der Waals surface area contributed by atoms with Gasteiger partial charge in [0.2, 0.25) is 0 Å². The fourth-order valence-corrected chi connectivity index (χ4v) is 3.29. The number of pyridine rings is 1. The second-order valence-electron chi connectivity index (χ2n) is 6.71. The van der Waals surface area contributed by atoms with Gasteiger partial charge in [-0.15, -0.1) is 0 Å². The van der Waals surface area contributed by atoms with E-state index in [0.717, 1.165) is 10.9 Å². The number of nitrogens with zero attached hydrogens (tertiary/aromatic N) is 2. The number of ether oxygens (including phenoxy) is 1. The van der Waals surface area contributed by atoms with E-state index in [2.05, 4.69) is 0 Å². The average Bonchev–Trinajstić information content (AvgIpc) is 2.64. The van der Waals surface area contributed by atoms with Gasteiger partial charge in [-0.2, -0.15) is 0 Å². The number of para-hydroxylation sites is 1. The Bertz CT molecular complexity index is 1070. The molecular formula is C21H19FN2O3. The Hall–Kier alpha value is -2.99. The molecule has 1 amide bonds. The lowest BCUT2D eigenvalue weighted by Crippen LogP contribution is -2.54. The van der Waals surface area contributed by atoms with E-state index in [9.17, 15) is 14.0 Å². The van der Waals surface area contributed by atoms with Crippen molar-refractivity contribution in [3.05, 3.63) is 81.9 Å². The standard InChI is InChI=1S/C21H19FN2O3/c1-23-19-9-5-3-7-16(19)17(10-20(23)25)21(26)24-11-15(12-24)27-13-14-6-2-4-8-18(14)22/h2-10,15H,11-13H2,1H3. The van der Waals surface area contributed by atoms with Crippen molar-refractivity contribution in [3.63, 3.8) is 0 Å². The van der Waals surface area contributed by atoms with Crippen molar-refractivity contribution in [1.82, 2.24) is 9.47 Å². The van der Waals surface area contributed by atoms with E-state index in [0.29, 0.717) is 24.2 Å². The number of aryl methyl sites for hydroxylation is 1. The number of halogens is 1. The fraction of sp³-hybridized carbons (Fsp3) is 0.238. The van der Waals surface area contributed by atoms with Crippen molar-refractivity contribution in [2.75, 3.05) is 13.1 Å². The summed E-state index contributed by atoms with van der Waals surface area (Å²) in [7, 11) is 1.69. The minimum atomic E-state index is -0.295. The lowest BCUT2D eigenvalue weighted by Gasteiger charge is -2.39. The number of benzene rings is 2. The smallest absolute Gasteiger partial charge is 0.254 e. The second kappa shape index (κ2) is 6.96. The molecule has 3 aromatic rings. The summed E-state index contributed by atoms with van der Waals surface area (Å²) >= 11 is 0. The molecule has 0 saturated carbocycles. The molecule has 4 rings (SSSR count). The van der Waals surface area contributed by atoms with Crippen molar-refractivity contribution < 1.29 is 13.9 Å². The van der Waals surface area contributed by atoms with Crippen LogP contribution in [0.3, 0.4) is 0 Å². The van der Waals surface area contributed by atoms with Crippen LogP contribution in [0.2, 0.25) is 0 Å². The highest BCUT2D eigenvalue weighted by molar-refractivity contribution is 6.06. The van der Waals surface area contributed by atoms with Gasteiger partial charge in [0.25, 0.3) is 11.5 Å². The van der Waals surface area contributed by atoms with Gasteiger partial charge in [0.1, 0.15) is 5.82 Å². The third-order valence-corrected chi connectivity index (χ3v) is 4.95. The highest BCUT2D eigenvalue weighted by atomic mass is 19.1. The zero-order valence-electron chi connectivity index (χ0n) is 14.9. The Morgan fingerprint density at radius 2 is 1.85 bits per heavy atom. The maximum Gasteiger partial charge on any atom is 0.254 e. The van der Waals surface area contributed by atoms with Gasteiger partial charge in [0.15, 0.2) is 0 Å². The van der Waals surface area contributed by atoms with E-state index in [1.807, 2.05) is 24.3 Å². The minimum absolute atomic E-state index is 0.133. The number of aromatic nitrogens is 1. The number of amides is 1. The van der Waals surface area contributed by atoms with Crippen molar-refractivity contribution >= 4 is 16.8 Å². The van der Waals surface area contributed by atoms with Crippen molar-refractivity contribution in [3.8, 4) is 0 Å². The monoisotopic (exact) mass is 366 g/mol. The molecule has 2 heterocycles. The maximum atomic E-state index is 13.6. The molecule has 138 valence electrons. The SMILES string of the molecule is Cn1c(=O)cc(C(=O)N2CC(OCc3ccccc3F)C2)c2ccccc21. The van der Waals surface area contributed by atoms with Gasteiger partial charge in [-0.25, -0.2) is 4.39 Å². The predicted octanol–water partition coefficient (Wildman–Crippen LogP) is 2.72. The predicted molar refractivity (Wildman–Crippen MR) is 100 cm³/mol. The lowest BCUT2D eigenvalue weighted by molar-refractivity contribution is -0.0509. The summed E-state index contributed by atoms with van der Waals surface area (Å²) in [5.41, 5.74) is 1.41. The number of rotatable bonds is 4. The van der Waals surface area contributed by atoms with Crippen LogP contribution in [-0.4, -0.2) is 34.6 Å².